The van der Waals surface area contributed by atoms with Gasteiger partial charge in [0.15, 0.2) is 0 Å². The van der Waals surface area contributed by atoms with Gasteiger partial charge in [0.2, 0.25) is 0 Å². The highest BCUT2D eigenvalue weighted by molar-refractivity contribution is 7.92. The van der Waals surface area contributed by atoms with Crippen LogP contribution >= 0.6 is 11.6 Å². The first-order valence-corrected chi connectivity index (χ1v) is 11.5. The van der Waals surface area contributed by atoms with E-state index in [0.717, 1.165) is 16.3 Å². The van der Waals surface area contributed by atoms with E-state index in [1.165, 1.54) is 23.9 Å². The molecule has 0 saturated carbocycles. The van der Waals surface area contributed by atoms with E-state index >= 15 is 0 Å². The summed E-state index contributed by atoms with van der Waals surface area (Å²) in [6.45, 7) is 1.63. The van der Waals surface area contributed by atoms with Crippen molar-refractivity contribution in [3.8, 4) is 0 Å². The zero-order chi connectivity index (χ0) is 22.3. The second-order valence-electron chi connectivity index (χ2n) is 6.69. The molecule has 0 unspecified atom stereocenters. The molecule has 1 N–H and O–H groups in total. The van der Waals surface area contributed by atoms with Gasteiger partial charge < -0.3 is 0 Å². The number of carbonyl (C=O) groups is 1. The zero-order valence-electron chi connectivity index (χ0n) is 16.9. The highest BCUT2D eigenvalue weighted by atomic mass is 35.5. The van der Waals surface area contributed by atoms with Crippen LogP contribution in [0.2, 0.25) is 5.02 Å². The maximum absolute atomic E-state index is 13.2. The third-order valence-corrected chi connectivity index (χ3v) is 6.56. The zero-order valence-corrected chi connectivity index (χ0v) is 18.5. The molecule has 0 bridgehead atoms. The normalized spacial score (nSPS) is 11.4. The van der Waals surface area contributed by atoms with Crippen LogP contribution in [0.4, 0.5) is 5.69 Å². The van der Waals surface area contributed by atoms with E-state index in [2.05, 4.69) is 17.5 Å². The number of hydrogen-bond donors (Lipinski definition) is 1. The van der Waals surface area contributed by atoms with E-state index in [1.807, 2.05) is 24.3 Å². The van der Waals surface area contributed by atoms with Gasteiger partial charge in [0, 0.05) is 5.02 Å². The van der Waals surface area contributed by atoms with Crippen LogP contribution in [0.1, 0.15) is 18.1 Å². The lowest BCUT2D eigenvalue weighted by Gasteiger charge is -2.23. The second kappa shape index (κ2) is 10.2. The molecule has 0 radical (unpaired) electrons. The van der Waals surface area contributed by atoms with Crippen LogP contribution < -0.4 is 9.73 Å². The van der Waals surface area contributed by atoms with Gasteiger partial charge in [-0.2, -0.15) is 5.10 Å². The summed E-state index contributed by atoms with van der Waals surface area (Å²) in [5.41, 5.74) is 4.74. The van der Waals surface area contributed by atoms with E-state index in [4.69, 9.17) is 11.6 Å². The molecular formula is C23H22ClN3O3S. The molecule has 8 heteroatoms. The summed E-state index contributed by atoms with van der Waals surface area (Å²) >= 11 is 5.93. The average Bonchev–Trinajstić information content (AvgIpc) is 2.79. The minimum absolute atomic E-state index is 0.0808. The van der Waals surface area contributed by atoms with Gasteiger partial charge in [0.1, 0.15) is 6.54 Å². The van der Waals surface area contributed by atoms with Crippen LogP contribution in [0, 0.1) is 0 Å². The van der Waals surface area contributed by atoms with Crippen molar-refractivity contribution in [2.75, 3.05) is 10.8 Å². The number of sulfonamides is 1. The maximum atomic E-state index is 13.2. The smallest absolute Gasteiger partial charge is 0.264 e. The Labute approximate surface area is 187 Å². The highest BCUT2D eigenvalue weighted by Gasteiger charge is 2.27. The third kappa shape index (κ3) is 5.93. The van der Waals surface area contributed by atoms with Crippen LogP contribution in [0.15, 0.2) is 88.9 Å². The van der Waals surface area contributed by atoms with Crippen molar-refractivity contribution >= 4 is 39.4 Å². The number of rotatable bonds is 8. The van der Waals surface area contributed by atoms with Gasteiger partial charge in [-0.3, -0.25) is 9.10 Å². The molecule has 31 heavy (non-hydrogen) atoms. The van der Waals surface area contributed by atoms with Crippen LogP contribution in [0.5, 0.6) is 0 Å². The predicted octanol–water partition coefficient (Wildman–Crippen LogP) is 4.25. The maximum Gasteiger partial charge on any atom is 0.264 e. The largest absolute Gasteiger partial charge is 0.271 e. The standard InChI is InChI=1S/C23H22ClN3O3S/c1-2-18-8-10-19(11-9-18)16-25-26-23(28)17-27(21-14-12-20(24)13-15-21)31(29,30)22-6-4-3-5-7-22/h3-16H,2,17H2,1H3,(H,26,28)/b25-16-. The van der Waals surface area contributed by atoms with E-state index in [1.54, 1.807) is 42.5 Å². The molecule has 0 aliphatic carbocycles. The molecule has 0 aliphatic heterocycles. The first-order chi connectivity index (χ1) is 14.9. The van der Waals surface area contributed by atoms with Crippen molar-refractivity contribution in [1.82, 2.24) is 5.43 Å². The molecule has 1 amide bonds. The molecule has 3 aromatic carbocycles. The van der Waals surface area contributed by atoms with Crippen LogP contribution in [-0.2, 0) is 21.2 Å². The van der Waals surface area contributed by atoms with Crippen molar-refractivity contribution in [1.29, 1.82) is 0 Å². The minimum atomic E-state index is -3.97. The molecule has 3 aromatic rings. The Bertz CT molecular complexity index is 1150. The Morgan fingerprint density at radius 3 is 2.26 bits per heavy atom. The number of benzene rings is 3. The lowest BCUT2D eigenvalue weighted by molar-refractivity contribution is -0.119. The number of hydrogen-bond acceptors (Lipinski definition) is 4. The van der Waals surface area contributed by atoms with Gasteiger partial charge in [-0.1, -0.05) is 61.0 Å². The molecular weight excluding hydrogens is 434 g/mol. The van der Waals surface area contributed by atoms with Gasteiger partial charge in [-0.25, -0.2) is 13.8 Å². The van der Waals surface area contributed by atoms with Gasteiger partial charge in [0.25, 0.3) is 15.9 Å². The Balaban J connectivity index is 1.78. The Kier molecular flexibility index (Phi) is 7.44. The number of halogens is 1. The summed E-state index contributed by atoms with van der Waals surface area (Å²) < 4.78 is 27.4. The molecule has 0 aromatic heterocycles. The molecule has 0 aliphatic rings. The molecule has 3 rings (SSSR count). The predicted molar refractivity (Wildman–Crippen MR) is 124 cm³/mol. The molecule has 0 spiro atoms. The van der Waals surface area contributed by atoms with E-state index in [-0.39, 0.29) is 4.90 Å². The van der Waals surface area contributed by atoms with Crippen molar-refractivity contribution < 1.29 is 13.2 Å². The Morgan fingerprint density at radius 1 is 1.00 bits per heavy atom. The lowest BCUT2D eigenvalue weighted by Crippen LogP contribution is -2.39. The number of nitrogens with zero attached hydrogens (tertiary/aromatic N) is 2. The lowest BCUT2D eigenvalue weighted by atomic mass is 10.1. The van der Waals surface area contributed by atoms with Gasteiger partial charge in [-0.15, -0.1) is 0 Å². The third-order valence-electron chi connectivity index (χ3n) is 4.52. The van der Waals surface area contributed by atoms with Gasteiger partial charge >= 0.3 is 0 Å². The number of nitrogens with one attached hydrogen (secondary N) is 1. The van der Waals surface area contributed by atoms with E-state index < -0.39 is 22.5 Å². The average molecular weight is 456 g/mol. The topological polar surface area (TPSA) is 78.8 Å². The quantitative estimate of drug-likeness (QED) is 0.407. The molecule has 160 valence electrons. The summed E-state index contributed by atoms with van der Waals surface area (Å²) in [6, 6.07) is 21.9. The first-order valence-electron chi connectivity index (χ1n) is 9.64. The fourth-order valence-electron chi connectivity index (χ4n) is 2.83. The second-order valence-corrected chi connectivity index (χ2v) is 8.99. The number of amides is 1. The molecule has 0 fully saturated rings. The first kappa shape index (κ1) is 22.5. The number of hydrazone groups is 1. The van der Waals surface area contributed by atoms with Crippen LogP contribution in [0.25, 0.3) is 0 Å². The monoisotopic (exact) mass is 455 g/mol. The Hall–Kier alpha value is -3.16. The van der Waals surface area contributed by atoms with Crippen molar-refractivity contribution in [2.24, 2.45) is 5.10 Å². The fraction of sp³-hybridized carbons (Fsp3) is 0.130. The summed E-state index contributed by atoms with van der Waals surface area (Å²) in [7, 11) is -3.97. The summed E-state index contributed by atoms with van der Waals surface area (Å²) in [5, 5.41) is 4.41. The highest BCUT2D eigenvalue weighted by Crippen LogP contribution is 2.25. The minimum Gasteiger partial charge on any atom is -0.271 e. The van der Waals surface area contributed by atoms with Crippen LogP contribution in [0.3, 0.4) is 0 Å². The molecule has 0 saturated heterocycles. The molecule has 0 heterocycles. The number of aryl methyl sites for hydroxylation is 1. The summed E-state index contributed by atoms with van der Waals surface area (Å²) in [5.74, 6) is -0.573. The number of anilines is 1. The van der Waals surface area contributed by atoms with E-state index in [9.17, 15) is 13.2 Å². The summed E-state index contributed by atoms with van der Waals surface area (Å²) in [6.07, 6.45) is 2.44. The van der Waals surface area contributed by atoms with Gasteiger partial charge in [0.05, 0.1) is 16.8 Å². The van der Waals surface area contributed by atoms with Crippen LogP contribution in [-0.4, -0.2) is 27.1 Å². The van der Waals surface area contributed by atoms with Crippen molar-refractivity contribution in [3.63, 3.8) is 0 Å². The molecule has 6 nitrogen and oxygen atoms in total. The molecule has 0 atom stereocenters. The van der Waals surface area contributed by atoms with E-state index in [0.29, 0.717) is 10.7 Å². The Morgan fingerprint density at radius 2 is 1.65 bits per heavy atom. The number of carbonyl (C=O) groups excluding carboxylic acids is 1. The van der Waals surface area contributed by atoms with Crippen molar-refractivity contribution in [2.45, 2.75) is 18.2 Å². The SMILES string of the molecule is CCc1ccc(/C=N\NC(=O)CN(c2ccc(Cl)cc2)S(=O)(=O)c2ccccc2)cc1. The van der Waals surface area contributed by atoms with Crippen molar-refractivity contribution in [3.05, 3.63) is 95.0 Å². The fourth-order valence-corrected chi connectivity index (χ4v) is 4.39. The van der Waals surface area contributed by atoms with Gasteiger partial charge in [-0.05, 0) is 53.9 Å². The summed E-state index contributed by atoms with van der Waals surface area (Å²) in [4.78, 5) is 12.6.